The first-order valence-corrected chi connectivity index (χ1v) is 11.7. The van der Waals surface area contributed by atoms with Gasteiger partial charge >= 0.3 is 18.0 Å². The second-order valence-corrected chi connectivity index (χ2v) is 9.98. The van der Waals surface area contributed by atoms with Gasteiger partial charge in [-0.3, -0.25) is 9.59 Å². The van der Waals surface area contributed by atoms with E-state index in [4.69, 9.17) is 14.2 Å². The van der Waals surface area contributed by atoms with Gasteiger partial charge in [-0.05, 0) is 40.0 Å². The largest absolute Gasteiger partial charge is 0.459 e. The maximum atomic E-state index is 13.3. The minimum atomic E-state index is -0.927. The Morgan fingerprint density at radius 3 is 2.24 bits per heavy atom. The number of esters is 1. The van der Waals surface area contributed by atoms with E-state index in [0.29, 0.717) is 39.3 Å². The zero-order valence-corrected chi connectivity index (χ0v) is 20.8. The van der Waals surface area contributed by atoms with Crippen molar-refractivity contribution in [3.63, 3.8) is 0 Å². The molecule has 2 saturated heterocycles. The first-order chi connectivity index (χ1) is 15.4. The van der Waals surface area contributed by atoms with Crippen molar-refractivity contribution in [1.82, 2.24) is 14.7 Å². The molecule has 2 aliphatic heterocycles. The molecule has 0 N–H and O–H groups in total. The fraction of sp³-hybridized carbons (Fsp3) is 0.826. The highest BCUT2D eigenvalue weighted by molar-refractivity contribution is 6.32. The monoisotopic (exact) mass is 469 g/mol. The minimum absolute atomic E-state index is 0.0775. The van der Waals surface area contributed by atoms with Crippen molar-refractivity contribution in [2.24, 2.45) is 11.8 Å². The summed E-state index contributed by atoms with van der Waals surface area (Å²) in [4.78, 5) is 56.1. The van der Waals surface area contributed by atoms with Gasteiger partial charge in [0.25, 0.3) is 0 Å². The Morgan fingerprint density at radius 2 is 1.70 bits per heavy atom. The summed E-state index contributed by atoms with van der Waals surface area (Å²) in [5.41, 5.74) is -0.702. The van der Waals surface area contributed by atoms with Gasteiger partial charge < -0.3 is 28.9 Å². The molecule has 2 fully saturated rings. The van der Waals surface area contributed by atoms with Crippen LogP contribution in [0.1, 0.15) is 48.0 Å². The number of piperidine rings is 1. The Bertz CT molecular complexity index is 713. The predicted molar refractivity (Wildman–Crippen MR) is 120 cm³/mol. The summed E-state index contributed by atoms with van der Waals surface area (Å²) in [7, 11) is 0. The van der Waals surface area contributed by atoms with Gasteiger partial charge in [-0.1, -0.05) is 13.8 Å². The molecule has 3 amide bonds. The molecule has 0 aromatic rings. The lowest BCUT2D eigenvalue weighted by Gasteiger charge is -2.43. The van der Waals surface area contributed by atoms with Gasteiger partial charge in [0.05, 0.1) is 31.8 Å². The van der Waals surface area contributed by atoms with E-state index in [1.165, 1.54) is 9.80 Å². The third-order valence-electron chi connectivity index (χ3n) is 5.47. The number of hydrogen-bond acceptors (Lipinski definition) is 7. The normalized spacial score (nSPS) is 21.5. The van der Waals surface area contributed by atoms with Crippen LogP contribution in [0.4, 0.5) is 4.79 Å². The first kappa shape index (κ1) is 26.9. The van der Waals surface area contributed by atoms with Gasteiger partial charge in [-0.25, -0.2) is 9.59 Å². The quantitative estimate of drug-likeness (QED) is 0.444. The van der Waals surface area contributed by atoms with Crippen molar-refractivity contribution in [3.05, 3.63) is 0 Å². The molecule has 2 rings (SSSR count). The minimum Gasteiger partial charge on any atom is -0.459 e. The average molecular weight is 470 g/mol. The average Bonchev–Trinajstić information content (AvgIpc) is 2.75. The molecule has 0 unspecified atom stereocenters. The van der Waals surface area contributed by atoms with Crippen molar-refractivity contribution in [3.8, 4) is 0 Å². The van der Waals surface area contributed by atoms with Crippen molar-refractivity contribution < 1.29 is 33.4 Å². The first-order valence-electron chi connectivity index (χ1n) is 11.7. The Kier molecular flexibility index (Phi) is 9.51. The Hall–Kier alpha value is -2.36. The summed E-state index contributed by atoms with van der Waals surface area (Å²) in [6.07, 6.45) is -0.187. The molecule has 0 saturated carbocycles. The van der Waals surface area contributed by atoms with Crippen LogP contribution >= 0.6 is 0 Å². The molecular formula is C23H39N3O7. The lowest BCUT2D eigenvalue weighted by atomic mass is 9.91. The Labute approximate surface area is 196 Å². The lowest BCUT2D eigenvalue weighted by molar-refractivity contribution is -0.162. The summed E-state index contributed by atoms with van der Waals surface area (Å²) in [6, 6.07) is -0.513. The molecule has 0 aromatic heterocycles. The third-order valence-corrected chi connectivity index (χ3v) is 5.47. The van der Waals surface area contributed by atoms with Crippen molar-refractivity contribution in [2.75, 3.05) is 52.5 Å². The third kappa shape index (κ3) is 7.87. The van der Waals surface area contributed by atoms with Crippen LogP contribution in [0.15, 0.2) is 0 Å². The highest BCUT2D eigenvalue weighted by Crippen LogP contribution is 2.26. The Balaban J connectivity index is 2.31. The summed E-state index contributed by atoms with van der Waals surface area (Å²) >= 11 is 0. The van der Waals surface area contributed by atoms with Gasteiger partial charge in [0.1, 0.15) is 5.60 Å². The second-order valence-electron chi connectivity index (χ2n) is 9.98. The zero-order valence-electron chi connectivity index (χ0n) is 20.8. The summed E-state index contributed by atoms with van der Waals surface area (Å²) in [5, 5.41) is 0. The number of carbonyl (C=O) groups is 4. The van der Waals surface area contributed by atoms with E-state index in [1.807, 2.05) is 13.8 Å². The van der Waals surface area contributed by atoms with Gasteiger partial charge in [0.15, 0.2) is 0 Å². The van der Waals surface area contributed by atoms with Crippen LogP contribution in [0.3, 0.4) is 0 Å². The predicted octanol–water partition coefficient (Wildman–Crippen LogP) is 1.52. The van der Waals surface area contributed by atoms with Crippen molar-refractivity contribution >= 4 is 23.9 Å². The molecular weight excluding hydrogens is 430 g/mol. The summed E-state index contributed by atoms with van der Waals surface area (Å²) < 4.78 is 15.8. The van der Waals surface area contributed by atoms with Crippen molar-refractivity contribution in [1.29, 1.82) is 0 Å². The molecule has 2 heterocycles. The van der Waals surface area contributed by atoms with Crippen molar-refractivity contribution in [2.45, 2.75) is 59.6 Å². The molecule has 188 valence electrons. The fourth-order valence-electron chi connectivity index (χ4n) is 4.10. The smallest absolute Gasteiger partial charge is 0.410 e. The molecule has 10 heteroatoms. The van der Waals surface area contributed by atoms with E-state index in [-0.39, 0.29) is 31.5 Å². The summed E-state index contributed by atoms with van der Waals surface area (Å²) in [6.45, 7) is 13.5. The second kappa shape index (κ2) is 11.7. The van der Waals surface area contributed by atoms with Crippen LogP contribution in [0.2, 0.25) is 0 Å². The van der Waals surface area contributed by atoms with Gasteiger partial charge in [0, 0.05) is 32.7 Å². The SMILES string of the molecule is CCOC(=O)C(=O)N(CC(C)C)[C@H]1C[C@@H](C(=O)N2CCOCC2)CN(C(=O)OC(C)(C)C)C1. The zero-order chi connectivity index (χ0) is 24.8. The number of likely N-dealkylation sites (tertiary alicyclic amines) is 1. The molecule has 0 aliphatic carbocycles. The number of morpholine rings is 1. The molecule has 0 bridgehead atoms. The Morgan fingerprint density at radius 1 is 1.06 bits per heavy atom. The molecule has 33 heavy (non-hydrogen) atoms. The topological polar surface area (TPSA) is 106 Å². The van der Waals surface area contributed by atoms with Crippen LogP contribution in [0, 0.1) is 11.8 Å². The molecule has 2 atom stereocenters. The van der Waals surface area contributed by atoms with E-state index in [2.05, 4.69) is 0 Å². The number of amides is 3. The van der Waals surface area contributed by atoms with Gasteiger partial charge in [0.2, 0.25) is 5.91 Å². The van der Waals surface area contributed by atoms with E-state index in [1.54, 1.807) is 32.6 Å². The van der Waals surface area contributed by atoms with Crippen LogP contribution in [-0.2, 0) is 28.6 Å². The van der Waals surface area contributed by atoms with E-state index in [0.717, 1.165) is 0 Å². The highest BCUT2D eigenvalue weighted by Gasteiger charge is 2.42. The summed E-state index contributed by atoms with van der Waals surface area (Å²) in [5.74, 6) is -2.19. The van der Waals surface area contributed by atoms with E-state index < -0.39 is 35.5 Å². The fourth-order valence-corrected chi connectivity index (χ4v) is 4.10. The molecule has 10 nitrogen and oxygen atoms in total. The standard InChI is InChI=1S/C23H39N3O7/c1-7-32-21(29)20(28)26(13-16(2)3)18-12-17(19(27)24-8-10-31-11-9-24)14-25(15-18)22(30)33-23(4,5)6/h16-18H,7-15H2,1-6H3/t17-,18+/m1/s1. The molecule has 2 aliphatic rings. The highest BCUT2D eigenvalue weighted by atomic mass is 16.6. The van der Waals surface area contributed by atoms with Gasteiger partial charge in [-0.2, -0.15) is 0 Å². The maximum absolute atomic E-state index is 13.3. The van der Waals surface area contributed by atoms with Crippen LogP contribution < -0.4 is 0 Å². The molecule has 0 radical (unpaired) electrons. The number of nitrogens with zero attached hydrogens (tertiary/aromatic N) is 3. The number of hydrogen-bond donors (Lipinski definition) is 0. The van der Waals surface area contributed by atoms with E-state index >= 15 is 0 Å². The molecule has 0 spiro atoms. The van der Waals surface area contributed by atoms with Crippen LogP contribution in [-0.4, -0.2) is 103 Å². The molecule has 0 aromatic carbocycles. The number of rotatable bonds is 5. The maximum Gasteiger partial charge on any atom is 0.410 e. The number of carbonyl (C=O) groups excluding carboxylic acids is 4. The van der Waals surface area contributed by atoms with Gasteiger partial charge in [-0.15, -0.1) is 0 Å². The van der Waals surface area contributed by atoms with Crippen LogP contribution in [0.5, 0.6) is 0 Å². The lowest BCUT2D eigenvalue weighted by Crippen LogP contribution is -2.59. The van der Waals surface area contributed by atoms with Crippen LogP contribution in [0.25, 0.3) is 0 Å². The number of ether oxygens (including phenoxy) is 3. The van der Waals surface area contributed by atoms with E-state index in [9.17, 15) is 19.2 Å².